The highest BCUT2D eigenvalue weighted by atomic mass is 35.5. The number of morpholine rings is 1. The zero-order chi connectivity index (χ0) is 26.9. The molecular formula is C29H26Cl2N4O4. The Morgan fingerprint density at radius 1 is 1.05 bits per heavy atom. The molecule has 0 aliphatic carbocycles. The summed E-state index contributed by atoms with van der Waals surface area (Å²) in [5.74, 6) is 1.07. The van der Waals surface area contributed by atoms with E-state index in [1.54, 1.807) is 25.6 Å². The Morgan fingerprint density at radius 2 is 1.87 bits per heavy atom. The van der Waals surface area contributed by atoms with Crippen LogP contribution >= 0.6 is 23.2 Å². The number of halogens is 2. The topological polar surface area (TPSA) is 85.8 Å². The third-order valence-electron chi connectivity index (χ3n) is 7.10. The molecule has 1 N–H and O–H groups in total. The second kappa shape index (κ2) is 10.9. The average molecular weight is 565 g/mol. The summed E-state index contributed by atoms with van der Waals surface area (Å²) in [6.45, 7) is 2.82. The molecule has 2 aliphatic rings. The molecule has 4 heterocycles. The predicted molar refractivity (Wildman–Crippen MR) is 151 cm³/mol. The molecule has 1 amide bonds. The second-order valence-electron chi connectivity index (χ2n) is 9.32. The van der Waals surface area contributed by atoms with Gasteiger partial charge in [-0.15, -0.1) is 0 Å². The van der Waals surface area contributed by atoms with Crippen LogP contribution in [-0.2, 0) is 4.74 Å². The van der Waals surface area contributed by atoms with Crippen LogP contribution in [0.4, 0.5) is 5.69 Å². The molecule has 0 bridgehead atoms. The number of carbonyl (C=O) groups is 1. The molecule has 1 saturated heterocycles. The van der Waals surface area contributed by atoms with Crippen LogP contribution in [0, 0.1) is 0 Å². The van der Waals surface area contributed by atoms with Gasteiger partial charge in [0.1, 0.15) is 17.0 Å². The Morgan fingerprint density at radius 3 is 2.69 bits per heavy atom. The Labute approximate surface area is 235 Å². The van der Waals surface area contributed by atoms with E-state index in [4.69, 9.17) is 42.4 Å². The van der Waals surface area contributed by atoms with E-state index in [0.717, 1.165) is 17.0 Å². The fourth-order valence-electron chi connectivity index (χ4n) is 5.21. The molecule has 0 spiro atoms. The van der Waals surface area contributed by atoms with E-state index < -0.39 is 0 Å². The molecule has 0 saturated carbocycles. The van der Waals surface area contributed by atoms with Gasteiger partial charge < -0.3 is 24.4 Å². The van der Waals surface area contributed by atoms with Crippen LogP contribution in [-0.4, -0.2) is 55.9 Å². The highest BCUT2D eigenvalue weighted by Gasteiger charge is 2.29. The molecule has 200 valence electrons. The van der Waals surface area contributed by atoms with E-state index in [1.807, 2.05) is 36.4 Å². The maximum atomic E-state index is 13.9. The summed E-state index contributed by atoms with van der Waals surface area (Å²) in [6, 6.07) is 13.0. The van der Waals surface area contributed by atoms with Crippen molar-refractivity contribution in [3.63, 3.8) is 0 Å². The highest BCUT2D eigenvalue weighted by Crippen LogP contribution is 2.42. The second-order valence-corrected chi connectivity index (χ2v) is 10.1. The van der Waals surface area contributed by atoms with Crippen LogP contribution in [0.15, 0.2) is 54.9 Å². The standard InChI is InChI=1S/C29H26Cl2N4O4/c1-37-23-16-33-26(18-6-4-7-20(30)25(18)31)27-24(23)28(35-10-13-38-14-11-35)19(15-32-27)29(36)34-21-9-12-39-22-8-3-2-5-17(21)22/h2-8,15-16,21H,9-14H2,1H3,(H,34,36). The van der Waals surface area contributed by atoms with E-state index >= 15 is 0 Å². The number of pyridine rings is 2. The maximum Gasteiger partial charge on any atom is 0.255 e. The SMILES string of the molecule is COc1cnc(-c2cccc(Cl)c2Cl)c2ncc(C(=O)NC3CCOc4ccccc43)c(N3CCOCC3)c12. The minimum atomic E-state index is -0.228. The number of nitrogens with zero attached hydrogens (tertiary/aromatic N) is 3. The lowest BCUT2D eigenvalue weighted by Crippen LogP contribution is -2.39. The van der Waals surface area contributed by atoms with Crippen molar-refractivity contribution in [2.45, 2.75) is 12.5 Å². The van der Waals surface area contributed by atoms with E-state index in [1.165, 1.54) is 0 Å². The number of para-hydroxylation sites is 1. The van der Waals surface area contributed by atoms with Crippen LogP contribution < -0.4 is 19.7 Å². The van der Waals surface area contributed by atoms with Crippen molar-refractivity contribution in [1.29, 1.82) is 0 Å². The van der Waals surface area contributed by atoms with E-state index in [0.29, 0.717) is 82.8 Å². The van der Waals surface area contributed by atoms with Gasteiger partial charge >= 0.3 is 0 Å². The zero-order valence-corrected chi connectivity index (χ0v) is 22.8. The number of nitrogens with one attached hydrogen (secondary N) is 1. The van der Waals surface area contributed by atoms with Crippen molar-refractivity contribution < 1.29 is 19.0 Å². The number of ether oxygens (including phenoxy) is 3. The molecule has 4 aromatic rings. The Balaban J connectivity index is 1.52. The number of anilines is 1. The number of methoxy groups -OCH3 is 1. The van der Waals surface area contributed by atoms with E-state index in [-0.39, 0.29) is 11.9 Å². The number of fused-ring (bicyclic) bond motifs is 2. The summed E-state index contributed by atoms with van der Waals surface area (Å²) in [6.07, 6.45) is 3.91. The highest BCUT2D eigenvalue weighted by molar-refractivity contribution is 6.43. The van der Waals surface area contributed by atoms with Gasteiger partial charge in [-0.2, -0.15) is 0 Å². The van der Waals surface area contributed by atoms with Gasteiger partial charge in [0.05, 0.1) is 71.5 Å². The molecule has 1 unspecified atom stereocenters. The molecule has 2 aliphatic heterocycles. The molecular weight excluding hydrogens is 539 g/mol. The summed E-state index contributed by atoms with van der Waals surface area (Å²) in [7, 11) is 1.58. The molecule has 2 aromatic heterocycles. The molecule has 39 heavy (non-hydrogen) atoms. The average Bonchev–Trinajstić information content (AvgIpc) is 2.98. The first-order valence-corrected chi connectivity index (χ1v) is 13.5. The minimum absolute atomic E-state index is 0.184. The lowest BCUT2D eigenvalue weighted by atomic mass is 9.99. The Hall–Kier alpha value is -3.59. The smallest absolute Gasteiger partial charge is 0.255 e. The van der Waals surface area contributed by atoms with E-state index in [2.05, 4.69) is 15.2 Å². The number of hydrogen-bond acceptors (Lipinski definition) is 7. The fraction of sp³-hybridized carbons (Fsp3) is 0.276. The minimum Gasteiger partial charge on any atom is -0.494 e. The predicted octanol–water partition coefficient (Wildman–Crippen LogP) is 5.70. The summed E-state index contributed by atoms with van der Waals surface area (Å²) in [5, 5.41) is 4.70. The van der Waals surface area contributed by atoms with Crippen LogP contribution in [0.2, 0.25) is 10.0 Å². The lowest BCUT2D eigenvalue weighted by Gasteiger charge is -2.32. The zero-order valence-electron chi connectivity index (χ0n) is 21.2. The summed E-state index contributed by atoms with van der Waals surface area (Å²) in [5.41, 5.74) is 3.89. The molecule has 2 aromatic carbocycles. The maximum absolute atomic E-state index is 13.9. The van der Waals surface area contributed by atoms with Gasteiger partial charge in [0.15, 0.2) is 0 Å². The number of benzene rings is 2. The van der Waals surface area contributed by atoms with Gasteiger partial charge in [-0.25, -0.2) is 0 Å². The normalized spacial score (nSPS) is 16.9. The van der Waals surface area contributed by atoms with Crippen LogP contribution in [0.25, 0.3) is 22.2 Å². The van der Waals surface area contributed by atoms with Gasteiger partial charge in [-0.05, 0) is 12.1 Å². The van der Waals surface area contributed by atoms with Gasteiger partial charge in [-0.1, -0.05) is 53.5 Å². The quantitative estimate of drug-likeness (QED) is 0.332. The monoisotopic (exact) mass is 564 g/mol. The van der Waals surface area contributed by atoms with Gasteiger partial charge in [-0.3, -0.25) is 14.8 Å². The van der Waals surface area contributed by atoms with Crippen molar-refractivity contribution in [2.24, 2.45) is 0 Å². The molecule has 1 fully saturated rings. The van der Waals surface area contributed by atoms with Gasteiger partial charge in [0.2, 0.25) is 0 Å². The molecule has 8 nitrogen and oxygen atoms in total. The van der Waals surface area contributed by atoms with Crippen LogP contribution in [0.1, 0.15) is 28.4 Å². The number of carbonyl (C=O) groups excluding carboxylic acids is 1. The lowest BCUT2D eigenvalue weighted by molar-refractivity contribution is 0.0923. The number of rotatable bonds is 5. The number of hydrogen-bond donors (Lipinski definition) is 1. The van der Waals surface area contributed by atoms with Crippen molar-refractivity contribution in [3.8, 4) is 22.8 Å². The first-order valence-electron chi connectivity index (χ1n) is 12.7. The van der Waals surface area contributed by atoms with Gasteiger partial charge in [0.25, 0.3) is 5.91 Å². The van der Waals surface area contributed by atoms with Crippen LogP contribution in [0.5, 0.6) is 11.5 Å². The largest absolute Gasteiger partial charge is 0.494 e. The first kappa shape index (κ1) is 25.7. The van der Waals surface area contributed by atoms with Crippen molar-refractivity contribution in [2.75, 3.05) is 44.9 Å². The Kier molecular flexibility index (Phi) is 7.16. The fourth-order valence-corrected chi connectivity index (χ4v) is 5.60. The van der Waals surface area contributed by atoms with Gasteiger partial charge in [0, 0.05) is 36.8 Å². The van der Waals surface area contributed by atoms with E-state index in [9.17, 15) is 4.79 Å². The third kappa shape index (κ3) is 4.73. The summed E-state index contributed by atoms with van der Waals surface area (Å²) >= 11 is 12.9. The molecule has 0 radical (unpaired) electrons. The van der Waals surface area contributed by atoms with Crippen LogP contribution in [0.3, 0.4) is 0 Å². The summed E-state index contributed by atoms with van der Waals surface area (Å²) in [4.78, 5) is 25.5. The third-order valence-corrected chi connectivity index (χ3v) is 7.91. The van der Waals surface area contributed by atoms with Crippen molar-refractivity contribution >= 4 is 45.7 Å². The molecule has 10 heteroatoms. The molecule has 6 rings (SSSR count). The number of amides is 1. The van der Waals surface area contributed by atoms with Crippen molar-refractivity contribution in [1.82, 2.24) is 15.3 Å². The summed E-state index contributed by atoms with van der Waals surface area (Å²) < 4.78 is 17.2. The van der Waals surface area contributed by atoms with Crippen molar-refractivity contribution in [3.05, 3.63) is 76.0 Å². The first-order chi connectivity index (χ1) is 19.1. The Bertz CT molecular complexity index is 1560. The molecule has 1 atom stereocenters. The number of aromatic nitrogens is 2.